The van der Waals surface area contributed by atoms with Crippen molar-refractivity contribution in [2.75, 3.05) is 13.1 Å². The summed E-state index contributed by atoms with van der Waals surface area (Å²) in [5, 5.41) is 2.99. The smallest absolute Gasteiger partial charge is 0.243 e. The second kappa shape index (κ2) is 7.45. The quantitative estimate of drug-likeness (QED) is 0.896. The van der Waals surface area contributed by atoms with Crippen molar-refractivity contribution in [3.05, 3.63) is 29.8 Å². The van der Waals surface area contributed by atoms with Gasteiger partial charge in [0.05, 0.1) is 4.90 Å². The lowest BCUT2D eigenvalue weighted by Crippen LogP contribution is -2.44. The molecule has 1 aliphatic heterocycles. The van der Waals surface area contributed by atoms with Crippen LogP contribution in [0, 0.1) is 12.8 Å². The minimum Gasteiger partial charge on any atom is -0.353 e. The van der Waals surface area contributed by atoms with Crippen molar-refractivity contribution in [2.24, 2.45) is 5.92 Å². The molecule has 0 radical (unpaired) electrons. The van der Waals surface area contributed by atoms with E-state index in [4.69, 9.17) is 0 Å². The van der Waals surface area contributed by atoms with Gasteiger partial charge < -0.3 is 5.32 Å². The number of benzene rings is 1. The van der Waals surface area contributed by atoms with Crippen LogP contribution >= 0.6 is 0 Å². The van der Waals surface area contributed by atoms with Crippen molar-refractivity contribution in [2.45, 2.75) is 51.0 Å². The van der Waals surface area contributed by atoms with Gasteiger partial charge in [0.2, 0.25) is 15.9 Å². The third-order valence-electron chi connectivity index (χ3n) is 4.45. The summed E-state index contributed by atoms with van der Waals surface area (Å²) in [6.07, 6.45) is 2.05. The monoisotopic (exact) mass is 338 g/mol. The van der Waals surface area contributed by atoms with Crippen LogP contribution in [0.25, 0.3) is 0 Å². The number of carbonyl (C=O) groups excluding carboxylic acids is 1. The van der Waals surface area contributed by atoms with Crippen LogP contribution in [0.4, 0.5) is 0 Å². The van der Waals surface area contributed by atoms with Crippen molar-refractivity contribution in [1.82, 2.24) is 9.62 Å². The Kier molecular flexibility index (Phi) is 5.81. The maximum absolute atomic E-state index is 12.7. The summed E-state index contributed by atoms with van der Waals surface area (Å²) in [4.78, 5) is 12.5. The molecule has 2 rings (SSSR count). The molecule has 1 fully saturated rings. The van der Waals surface area contributed by atoms with Crippen LogP contribution in [-0.2, 0) is 14.8 Å². The van der Waals surface area contributed by atoms with Crippen LogP contribution < -0.4 is 5.32 Å². The van der Waals surface area contributed by atoms with Gasteiger partial charge in [-0.05, 0) is 50.8 Å². The SMILES string of the molecule is CCC(C)NC(=O)C1CCN(S(=O)(=O)c2cccc(C)c2)CC1. The van der Waals surface area contributed by atoms with Crippen molar-refractivity contribution in [1.29, 1.82) is 0 Å². The second-order valence-corrected chi connectivity index (χ2v) is 8.25. The van der Waals surface area contributed by atoms with Gasteiger partial charge in [-0.1, -0.05) is 19.1 Å². The average molecular weight is 338 g/mol. The predicted octanol–water partition coefficient (Wildman–Crippen LogP) is 2.31. The molecule has 1 heterocycles. The maximum atomic E-state index is 12.7. The Labute approximate surface area is 139 Å². The van der Waals surface area contributed by atoms with Gasteiger partial charge in [0.1, 0.15) is 0 Å². The lowest BCUT2D eigenvalue weighted by Gasteiger charge is -2.31. The Morgan fingerprint density at radius 2 is 2.00 bits per heavy atom. The Morgan fingerprint density at radius 3 is 2.57 bits per heavy atom. The molecule has 0 aromatic heterocycles. The Balaban J connectivity index is 2.00. The Morgan fingerprint density at radius 1 is 1.35 bits per heavy atom. The van der Waals surface area contributed by atoms with Crippen molar-refractivity contribution >= 4 is 15.9 Å². The van der Waals surface area contributed by atoms with Crippen molar-refractivity contribution < 1.29 is 13.2 Å². The molecular formula is C17H26N2O3S. The standard InChI is InChI=1S/C17H26N2O3S/c1-4-14(3)18-17(20)15-8-10-19(11-9-15)23(21,22)16-7-5-6-13(2)12-16/h5-7,12,14-15H,4,8-11H2,1-3H3,(H,18,20). The highest BCUT2D eigenvalue weighted by molar-refractivity contribution is 7.89. The second-order valence-electron chi connectivity index (χ2n) is 6.31. The van der Waals surface area contributed by atoms with Gasteiger partial charge in [-0.25, -0.2) is 8.42 Å². The number of hydrogen-bond donors (Lipinski definition) is 1. The van der Waals surface area contributed by atoms with E-state index in [1.165, 1.54) is 4.31 Å². The molecule has 1 amide bonds. The van der Waals surface area contributed by atoms with Crippen LogP contribution in [-0.4, -0.2) is 37.8 Å². The summed E-state index contributed by atoms with van der Waals surface area (Å²) in [6, 6.07) is 7.12. The molecule has 6 heteroatoms. The first-order valence-electron chi connectivity index (χ1n) is 8.21. The summed E-state index contributed by atoms with van der Waals surface area (Å²) in [7, 11) is -3.46. The van der Waals surface area contributed by atoms with Gasteiger partial charge in [0.25, 0.3) is 0 Å². The van der Waals surface area contributed by atoms with Crippen LogP contribution in [0.15, 0.2) is 29.2 Å². The fourth-order valence-corrected chi connectivity index (χ4v) is 4.32. The third kappa shape index (κ3) is 4.32. The highest BCUT2D eigenvalue weighted by Gasteiger charge is 2.32. The zero-order valence-corrected chi connectivity index (χ0v) is 14.9. The molecule has 1 aromatic rings. The van der Waals surface area contributed by atoms with Crippen LogP contribution in [0.2, 0.25) is 0 Å². The van der Waals surface area contributed by atoms with E-state index in [9.17, 15) is 13.2 Å². The fourth-order valence-electron chi connectivity index (χ4n) is 2.75. The van der Waals surface area contributed by atoms with Gasteiger partial charge in [-0.3, -0.25) is 4.79 Å². The molecule has 1 aromatic carbocycles. The molecule has 1 N–H and O–H groups in total. The lowest BCUT2D eigenvalue weighted by molar-refractivity contribution is -0.126. The number of sulfonamides is 1. The first kappa shape index (κ1) is 17.9. The highest BCUT2D eigenvalue weighted by atomic mass is 32.2. The summed E-state index contributed by atoms with van der Waals surface area (Å²) in [5.74, 6) is -0.0417. The highest BCUT2D eigenvalue weighted by Crippen LogP contribution is 2.24. The first-order valence-corrected chi connectivity index (χ1v) is 9.65. The van der Waals surface area contributed by atoms with E-state index in [1.54, 1.807) is 18.2 Å². The maximum Gasteiger partial charge on any atom is 0.243 e. The Hall–Kier alpha value is -1.40. The summed E-state index contributed by atoms with van der Waals surface area (Å²) >= 11 is 0. The number of rotatable bonds is 5. The largest absolute Gasteiger partial charge is 0.353 e. The van der Waals surface area contributed by atoms with E-state index in [0.717, 1.165) is 12.0 Å². The molecule has 1 aliphatic rings. The molecule has 0 spiro atoms. The lowest BCUT2D eigenvalue weighted by atomic mass is 9.97. The summed E-state index contributed by atoms with van der Waals surface area (Å²) in [5.41, 5.74) is 0.925. The van der Waals surface area contributed by atoms with Crippen LogP contribution in [0.1, 0.15) is 38.7 Å². The zero-order valence-electron chi connectivity index (χ0n) is 14.1. The number of amides is 1. The normalized spacial score (nSPS) is 18.6. The van der Waals surface area contributed by atoms with Crippen molar-refractivity contribution in [3.63, 3.8) is 0 Å². The number of hydrogen-bond acceptors (Lipinski definition) is 3. The molecule has 0 bridgehead atoms. The van der Waals surface area contributed by atoms with E-state index in [0.29, 0.717) is 30.8 Å². The van der Waals surface area contributed by atoms with E-state index in [1.807, 2.05) is 26.8 Å². The van der Waals surface area contributed by atoms with E-state index in [-0.39, 0.29) is 17.9 Å². The van der Waals surface area contributed by atoms with E-state index < -0.39 is 10.0 Å². The predicted molar refractivity (Wildman–Crippen MR) is 90.6 cm³/mol. The van der Waals surface area contributed by atoms with Gasteiger partial charge in [-0.15, -0.1) is 0 Å². The molecular weight excluding hydrogens is 312 g/mol. The van der Waals surface area contributed by atoms with Gasteiger partial charge in [0, 0.05) is 25.0 Å². The number of nitrogens with one attached hydrogen (secondary N) is 1. The van der Waals surface area contributed by atoms with E-state index in [2.05, 4.69) is 5.32 Å². The minimum absolute atomic E-state index is 0.0481. The Bertz CT molecular complexity index is 650. The molecule has 5 nitrogen and oxygen atoms in total. The molecule has 1 atom stereocenters. The topological polar surface area (TPSA) is 66.5 Å². The molecule has 0 aliphatic carbocycles. The molecule has 1 unspecified atom stereocenters. The van der Waals surface area contributed by atoms with Crippen LogP contribution in [0.5, 0.6) is 0 Å². The van der Waals surface area contributed by atoms with E-state index >= 15 is 0 Å². The minimum atomic E-state index is -3.46. The van der Waals surface area contributed by atoms with Crippen molar-refractivity contribution in [3.8, 4) is 0 Å². The zero-order chi connectivity index (χ0) is 17.0. The van der Waals surface area contributed by atoms with Gasteiger partial charge in [-0.2, -0.15) is 4.31 Å². The molecule has 1 saturated heterocycles. The number of carbonyl (C=O) groups is 1. The first-order chi connectivity index (χ1) is 10.8. The number of nitrogens with zero attached hydrogens (tertiary/aromatic N) is 1. The molecule has 0 saturated carbocycles. The molecule has 23 heavy (non-hydrogen) atoms. The number of aryl methyl sites for hydroxylation is 1. The number of piperidine rings is 1. The van der Waals surface area contributed by atoms with Gasteiger partial charge in [0.15, 0.2) is 0 Å². The average Bonchev–Trinajstić information content (AvgIpc) is 2.54. The summed E-state index contributed by atoms with van der Waals surface area (Å²) in [6.45, 7) is 6.69. The van der Waals surface area contributed by atoms with Gasteiger partial charge >= 0.3 is 0 Å². The third-order valence-corrected chi connectivity index (χ3v) is 6.35. The molecule has 128 valence electrons. The fraction of sp³-hybridized carbons (Fsp3) is 0.588. The van der Waals surface area contributed by atoms with Crippen LogP contribution in [0.3, 0.4) is 0 Å². The summed E-state index contributed by atoms with van der Waals surface area (Å²) < 4.78 is 26.8.